The Balaban J connectivity index is 1.60. The van der Waals surface area contributed by atoms with Crippen molar-refractivity contribution in [2.24, 2.45) is 5.10 Å². The Kier molecular flexibility index (Phi) is 3.07. The number of carbonyl (C=O) groups is 1. The normalized spacial score (nSPS) is 19.0. The number of hydrazone groups is 1. The summed E-state index contributed by atoms with van der Waals surface area (Å²) in [5.74, 6) is 0.242. The number of carbonyl (C=O) groups excluding carboxylic acids is 1. The second kappa shape index (κ2) is 5.22. The number of rotatable bonds is 2. The minimum Gasteiger partial charge on any atom is -0.359 e. The van der Waals surface area contributed by atoms with Gasteiger partial charge in [0.1, 0.15) is 0 Å². The van der Waals surface area contributed by atoms with Gasteiger partial charge in [0.05, 0.1) is 18.0 Å². The minimum absolute atomic E-state index is 0.187. The molecule has 0 spiro atoms. The zero-order chi connectivity index (χ0) is 14.9. The van der Waals surface area contributed by atoms with Gasteiger partial charge in [0, 0.05) is 23.8 Å². The van der Waals surface area contributed by atoms with E-state index in [-0.39, 0.29) is 5.91 Å². The molecule has 0 saturated heterocycles. The Hall–Kier alpha value is -2.76. The molecule has 1 aliphatic heterocycles. The molecule has 3 heterocycles. The van der Waals surface area contributed by atoms with Gasteiger partial charge in [-0.15, -0.1) is 0 Å². The van der Waals surface area contributed by atoms with E-state index >= 15 is 0 Å². The summed E-state index contributed by atoms with van der Waals surface area (Å²) >= 11 is 0. The Bertz CT molecular complexity index is 752. The summed E-state index contributed by atoms with van der Waals surface area (Å²) < 4.78 is 0. The molecule has 0 fully saturated rings. The summed E-state index contributed by atoms with van der Waals surface area (Å²) in [4.78, 5) is 23.9. The standard InChI is InChI=1S/C16H15N5O/c22-16-12(9-19-21(16)15-10-17-5-6-18-15)8-13-7-11-3-1-2-4-14(11)20-13/h5-10,20H,1-4H2. The molecular weight excluding hydrogens is 278 g/mol. The van der Waals surface area contributed by atoms with Crippen LogP contribution in [0.1, 0.15) is 29.8 Å². The van der Waals surface area contributed by atoms with Crippen LogP contribution in [0.25, 0.3) is 6.08 Å². The molecule has 6 heteroatoms. The largest absolute Gasteiger partial charge is 0.359 e. The molecule has 0 radical (unpaired) electrons. The SMILES string of the molecule is O=C1C(=Cc2cc3c([nH]2)CCCC3)C=NN1c1cnccn1. The van der Waals surface area contributed by atoms with Crippen LogP contribution in [0.3, 0.4) is 0 Å². The number of aromatic nitrogens is 3. The van der Waals surface area contributed by atoms with Gasteiger partial charge in [-0.3, -0.25) is 9.78 Å². The van der Waals surface area contributed by atoms with E-state index in [1.165, 1.54) is 35.3 Å². The summed E-state index contributed by atoms with van der Waals surface area (Å²) in [5, 5.41) is 5.39. The topological polar surface area (TPSA) is 74.2 Å². The molecule has 4 rings (SSSR count). The van der Waals surface area contributed by atoms with E-state index in [1.807, 2.05) is 6.08 Å². The van der Waals surface area contributed by atoms with Crippen LogP contribution >= 0.6 is 0 Å². The summed E-state index contributed by atoms with van der Waals surface area (Å²) in [7, 11) is 0. The number of H-pyrrole nitrogens is 1. The van der Waals surface area contributed by atoms with Crippen LogP contribution in [-0.2, 0) is 17.6 Å². The number of aromatic amines is 1. The van der Waals surface area contributed by atoms with Gasteiger partial charge in [-0.1, -0.05) is 0 Å². The number of amides is 1. The first-order valence-corrected chi connectivity index (χ1v) is 7.38. The van der Waals surface area contributed by atoms with Gasteiger partial charge in [0.25, 0.3) is 5.91 Å². The lowest BCUT2D eigenvalue weighted by Gasteiger charge is -2.09. The van der Waals surface area contributed by atoms with E-state index in [0.29, 0.717) is 11.4 Å². The van der Waals surface area contributed by atoms with E-state index < -0.39 is 0 Å². The van der Waals surface area contributed by atoms with Crippen molar-refractivity contribution in [1.29, 1.82) is 0 Å². The zero-order valence-electron chi connectivity index (χ0n) is 12.0. The number of hydrogen-bond acceptors (Lipinski definition) is 4. The third-order valence-electron chi connectivity index (χ3n) is 3.96. The molecule has 22 heavy (non-hydrogen) atoms. The number of hydrogen-bond donors (Lipinski definition) is 1. The predicted molar refractivity (Wildman–Crippen MR) is 83.4 cm³/mol. The molecule has 0 bridgehead atoms. The predicted octanol–water partition coefficient (Wildman–Crippen LogP) is 2.10. The smallest absolute Gasteiger partial charge is 0.281 e. The maximum atomic E-state index is 12.4. The van der Waals surface area contributed by atoms with Gasteiger partial charge in [-0.2, -0.15) is 10.1 Å². The number of nitrogens with one attached hydrogen (secondary N) is 1. The molecule has 0 unspecified atom stereocenters. The summed E-state index contributed by atoms with van der Waals surface area (Å²) in [6.07, 6.45) is 12.7. The van der Waals surface area contributed by atoms with Crippen molar-refractivity contribution in [2.45, 2.75) is 25.7 Å². The van der Waals surface area contributed by atoms with E-state index in [0.717, 1.165) is 18.5 Å². The van der Waals surface area contributed by atoms with Gasteiger partial charge < -0.3 is 4.98 Å². The Morgan fingerprint density at radius 2 is 2.14 bits per heavy atom. The average Bonchev–Trinajstić information content (AvgIpc) is 3.12. The van der Waals surface area contributed by atoms with Crippen LogP contribution in [0.15, 0.2) is 35.3 Å². The fraction of sp³-hybridized carbons (Fsp3) is 0.250. The Labute approximate surface area is 127 Å². The van der Waals surface area contributed by atoms with E-state index in [9.17, 15) is 4.79 Å². The van der Waals surface area contributed by atoms with E-state index in [2.05, 4.69) is 26.1 Å². The van der Waals surface area contributed by atoms with Crippen LogP contribution in [0.4, 0.5) is 5.82 Å². The Morgan fingerprint density at radius 1 is 1.23 bits per heavy atom. The quantitative estimate of drug-likeness (QED) is 0.862. The molecule has 2 aliphatic rings. The maximum Gasteiger partial charge on any atom is 0.281 e. The average molecular weight is 293 g/mol. The Morgan fingerprint density at radius 3 is 2.95 bits per heavy atom. The molecule has 110 valence electrons. The first-order valence-electron chi connectivity index (χ1n) is 7.38. The first kappa shape index (κ1) is 12.9. The molecule has 1 N–H and O–H groups in total. The lowest BCUT2D eigenvalue weighted by Crippen LogP contribution is -2.22. The number of aryl methyl sites for hydroxylation is 2. The molecule has 1 amide bonds. The van der Waals surface area contributed by atoms with E-state index in [4.69, 9.17) is 0 Å². The van der Waals surface area contributed by atoms with Gasteiger partial charge >= 0.3 is 0 Å². The highest BCUT2D eigenvalue weighted by Gasteiger charge is 2.25. The maximum absolute atomic E-state index is 12.4. The van der Waals surface area contributed by atoms with Gasteiger partial charge in [-0.05, 0) is 43.4 Å². The molecular formula is C16H15N5O. The van der Waals surface area contributed by atoms with Crippen molar-refractivity contribution in [1.82, 2.24) is 15.0 Å². The first-order chi connectivity index (χ1) is 10.8. The molecule has 0 atom stereocenters. The van der Waals surface area contributed by atoms with Crippen molar-refractivity contribution in [2.75, 3.05) is 5.01 Å². The highest BCUT2D eigenvalue weighted by Crippen LogP contribution is 2.24. The molecule has 0 saturated carbocycles. The number of anilines is 1. The van der Waals surface area contributed by atoms with Gasteiger partial charge in [0.2, 0.25) is 0 Å². The molecule has 2 aromatic heterocycles. The summed E-state index contributed by atoms with van der Waals surface area (Å²) in [6, 6.07) is 2.13. The number of nitrogens with zero attached hydrogens (tertiary/aromatic N) is 4. The zero-order valence-corrected chi connectivity index (χ0v) is 12.0. The summed E-state index contributed by atoms with van der Waals surface area (Å²) in [6.45, 7) is 0. The van der Waals surface area contributed by atoms with Gasteiger partial charge in [0.15, 0.2) is 5.82 Å². The lowest BCUT2D eigenvalue weighted by atomic mass is 9.98. The van der Waals surface area contributed by atoms with Crippen molar-refractivity contribution < 1.29 is 4.79 Å². The second-order valence-corrected chi connectivity index (χ2v) is 5.46. The van der Waals surface area contributed by atoms with Crippen LogP contribution < -0.4 is 5.01 Å². The van der Waals surface area contributed by atoms with Crippen LogP contribution in [-0.4, -0.2) is 27.1 Å². The van der Waals surface area contributed by atoms with Gasteiger partial charge in [-0.25, -0.2) is 4.98 Å². The van der Waals surface area contributed by atoms with Crippen molar-refractivity contribution in [3.8, 4) is 0 Å². The van der Waals surface area contributed by atoms with Crippen LogP contribution in [0.2, 0.25) is 0 Å². The molecule has 6 nitrogen and oxygen atoms in total. The fourth-order valence-electron chi connectivity index (χ4n) is 2.89. The molecule has 1 aliphatic carbocycles. The second-order valence-electron chi connectivity index (χ2n) is 5.46. The van der Waals surface area contributed by atoms with Crippen LogP contribution in [0.5, 0.6) is 0 Å². The summed E-state index contributed by atoms with van der Waals surface area (Å²) in [5.41, 5.74) is 4.17. The minimum atomic E-state index is -0.187. The third-order valence-corrected chi connectivity index (χ3v) is 3.96. The van der Waals surface area contributed by atoms with E-state index in [1.54, 1.807) is 18.6 Å². The highest BCUT2D eigenvalue weighted by molar-refractivity contribution is 6.25. The molecule has 2 aromatic rings. The number of fused-ring (bicyclic) bond motifs is 1. The third kappa shape index (κ3) is 2.22. The van der Waals surface area contributed by atoms with Crippen LogP contribution in [0, 0.1) is 0 Å². The van der Waals surface area contributed by atoms with Crippen molar-refractivity contribution in [3.05, 3.63) is 47.2 Å². The van der Waals surface area contributed by atoms with Crippen molar-refractivity contribution in [3.63, 3.8) is 0 Å². The lowest BCUT2D eigenvalue weighted by molar-refractivity contribution is -0.114. The fourth-order valence-corrected chi connectivity index (χ4v) is 2.89. The monoisotopic (exact) mass is 293 g/mol. The van der Waals surface area contributed by atoms with Crippen molar-refractivity contribution >= 4 is 24.0 Å². The highest BCUT2D eigenvalue weighted by atomic mass is 16.2. The molecule has 0 aromatic carbocycles.